The first kappa shape index (κ1) is 19.1. The smallest absolute Gasteiger partial charge is 0.264 e. The van der Waals surface area contributed by atoms with Crippen molar-refractivity contribution in [2.24, 2.45) is 7.05 Å². The maximum absolute atomic E-state index is 11.7. The highest BCUT2D eigenvalue weighted by Gasteiger charge is 2.29. The number of hydrogen-bond donors (Lipinski definition) is 1. The van der Waals surface area contributed by atoms with Crippen molar-refractivity contribution in [1.29, 1.82) is 0 Å². The van der Waals surface area contributed by atoms with Gasteiger partial charge in [-0.1, -0.05) is 78.6 Å². The van der Waals surface area contributed by atoms with Crippen molar-refractivity contribution in [3.8, 4) is 0 Å². The van der Waals surface area contributed by atoms with Gasteiger partial charge in [-0.3, -0.25) is 14.6 Å². The summed E-state index contributed by atoms with van der Waals surface area (Å²) in [6.07, 6.45) is 14.1. The Balaban J connectivity index is 2.67. The lowest BCUT2D eigenvalue weighted by Gasteiger charge is -2.30. The molecular formula is C19H36N2O. The second kappa shape index (κ2) is 9.91. The molecule has 3 heteroatoms. The van der Waals surface area contributed by atoms with E-state index in [1.54, 1.807) is 0 Å². The van der Waals surface area contributed by atoms with E-state index in [1.165, 1.54) is 76.3 Å². The molecule has 0 aliphatic carbocycles. The molecule has 0 fully saturated rings. The average Bonchev–Trinajstić information content (AvgIpc) is 2.83. The second-order valence-electron chi connectivity index (χ2n) is 7.10. The van der Waals surface area contributed by atoms with Crippen LogP contribution in [0, 0.1) is 0 Å². The van der Waals surface area contributed by atoms with E-state index in [-0.39, 0.29) is 11.0 Å². The van der Waals surface area contributed by atoms with Crippen molar-refractivity contribution < 1.29 is 0 Å². The molecule has 0 radical (unpaired) electrons. The van der Waals surface area contributed by atoms with Gasteiger partial charge < -0.3 is 0 Å². The van der Waals surface area contributed by atoms with Crippen molar-refractivity contribution in [2.45, 2.75) is 96.8 Å². The predicted octanol–water partition coefficient (Wildman–Crippen LogP) is 5.30. The van der Waals surface area contributed by atoms with Crippen LogP contribution in [0.4, 0.5) is 0 Å². The zero-order chi connectivity index (χ0) is 16.4. The Labute approximate surface area is 136 Å². The fraction of sp³-hybridized carbons (Fsp3) is 0.842. The molecular weight excluding hydrogens is 272 g/mol. The summed E-state index contributed by atoms with van der Waals surface area (Å²) in [6.45, 7) is 6.86. The molecule has 1 rings (SSSR count). The zero-order valence-corrected chi connectivity index (χ0v) is 15.2. The third-order valence-corrected chi connectivity index (χ3v) is 4.94. The van der Waals surface area contributed by atoms with Gasteiger partial charge in [0.1, 0.15) is 0 Å². The molecule has 1 aromatic heterocycles. The average molecular weight is 309 g/mol. The van der Waals surface area contributed by atoms with E-state index < -0.39 is 0 Å². The van der Waals surface area contributed by atoms with Gasteiger partial charge in [0.05, 0.1) is 0 Å². The Morgan fingerprint density at radius 2 is 1.45 bits per heavy atom. The van der Waals surface area contributed by atoms with E-state index in [4.69, 9.17) is 0 Å². The number of nitrogens with zero attached hydrogens (tertiary/aromatic N) is 1. The number of aromatic amines is 1. The highest BCUT2D eigenvalue weighted by molar-refractivity contribution is 5.15. The van der Waals surface area contributed by atoms with E-state index in [0.717, 1.165) is 0 Å². The van der Waals surface area contributed by atoms with Gasteiger partial charge in [-0.25, -0.2) is 0 Å². The molecule has 1 heterocycles. The summed E-state index contributed by atoms with van der Waals surface area (Å²) in [7, 11) is 1.97. The van der Waals surface area contributed by atoms with Gasteiger partial charge in [-0.05, 0) is 12.8 Å². The van der Waals surface area contributed by atoms with Gasteiger partial charge in [0.15, 0.2) is 0 Å². The van der Waals surface area contributed by atoms with E-state index in [9.17, 15) is 4.79 Å². The Morgan fingerprint density at radius 3 is 1.91 bits per heavy atom. The molecule has 22 heavy (non-hydrogen) atoms. The third kappa shape index (κ3) is 6.02. The molecule has 0 amide bonds. The third-order valence-electron chi connectivity index (χ3n) is 4.94. The van der Waals surface area contributed by atoms with Crippen molar-refractivity contribution in [1.82, 2.24) is 9.78 Å². The lowest BCUT2D eigenvalue weighted by molar-refractivity contribution is 0.342. The molecule has 0 spiro atoms. The minimum atomic E-state index is 0.0308. The lowest BCUT2D eigenvalue weighted by atomic mass is 9.77. The number of rotatable bonds is 12. The highest BCUT2D eigenvalue weighted by Crippen LogP contribution is 2.34. The molecule has 1 N–H and O–H groups in total. The van der Waals surface area contributed by atoms with Gasteiger partial charge in [0.2, 0.25) is 0 Å². The van der Waals surface area contributed by atoms with Crippen molar-refractivity contribution in [2.75, 3.05) is 0 Å². The maximum atomic E-state index is 11.7. The summed E-state index contributed by atoms with van der Waals surface area (Å²) in [5.74, 6) is 0. The standard InChI is InChI=1S/C19H36N2O/c1-5-7-9-11-13-15-19(3,14-12-10-8-6-2)17-16-18(22)20-21(17)4/h16H,5-15H2,1-4H3,(H,20,22). The summed E-state index contributed by atoms with van der Waals surface area (Å²) in [4.78, 5) is 11.7. The fourth-order valence-electron chi connectivity index (χ4n) is 3.50. The van der Waals surface area contributed by atoms with Crippen LogP contribution < -0.4 is 5.56 Å². The van der Waals surface area contributed by atoms with Crippen LogP contribution in [0.3, 0.4) is 0 Å². The van der Waals surface area contributed by atoms with E-state index in [2.05, 4.69) is 25.9 Å². The van der Waals surface area contributed by atoms with Crippen LogP contribution in [0.15, 0.2) is 10.9 Å². The summed E-state index contributed by atoms with van der Waals surface area (Å²) in [6, 6.07) is 1.81. The monoisotopic (exact) mass is 308 g/mol. The van der Waals surface area contributed by atoms with Crippen LogP contribution in [-0.2, 0) is 12.5 Å². The second-order valence-corrected chi connectivity index (χ2v) is 7.10. The van der Waals surface area contributed by atoms with E-state index >= 15 is 0 Å². The quantitative estimate of drug-likeness (QED) is 0.523. The topological polar surface area (TPSA) is 37.8 Å². The highest BCUT2D eigenvalue weighted by atomic mass is 16.1. The number of H-pyrrole nitrogens is 1. The Morgan fingerprint density at radius 1 is 0.955 bits per heavy atom. The number of unbranched alkanes of at least 4 members (excludes halogenated alkanes) is 7. The van der Waals surface area contributed by atoms with Crippen LogP contribution in [0.25, 0.3) is 0 Å². The van der Waals surface area contributed by atoms with Crippen molar-refractivity contribution >= 4 is 0 Å². The normalized spacial score (nSPS) is 14.2. The molecule has 3 nitrogen and oxygen atoms in total. The number of aryl methyl sites for hydroxylation is 1. The zero-order valence-electron chi connectivity index (χ0n) is 15.2. The summed E-state index contributed by atoms with van der Waals surface area (Å²) in [5.41, 5.74) is 1.35. The molecule has 0 aromatic carbocycles. The molecule has 0 saturated carbocycles. The molecule has 1 aromatic rings. The largest absolute Gasteiger partial charge is 0.292 e. The molecule has 0 saturated heterocycles. The number of hydrogen-bond acceptors (Lipinski definition) is 1. The van der Waals surface area contributed by atoms with E-state index in [1.807, 2.05) is 17.8 Å². The fourth-order valence-corrected chi connectivity index (χ4v) is 3.50. The minimum absolute atomic E-state index is 0.0308. The summed E-state index contributed by atoms with van der Waals surface area (Å²) >= 11 is 0. The SMILES string of the molecule is CCCCCCCC(C)(CCCCCC)c1cc(=O)[nH]n1C. The van der Waals surface area contributed by atoms with Gasteiger partial charge in [0.25, 0.3) is 5.56 Å². The van der Waals surface area contributed by atoms with Crippen LogP contribution in [0.5, 0.6) is 0 Å². The van der Waals surface area contributed by atoms with Crippen LogP contribution in [0.2, 0.25) is 0 Å². The first-order valence-electron chi connectivity index (χ1n) is 9.30. The lowest BCUT2D eigenvalue weighted by Crippen LogP contribution is -2.25. The molecule has 0 aliphatic rings. The summed E-state index contributed by atoms with van der Waals surface area (Å²) < 4.78 is 1.94. The van der Waals surface area contributed by atoms with E-state index in [0.29, 0.717) is 0 Å². The Hall–Kier alpha value is -0.990. The maximum Gasteiger partial charge on any atom is 0.264 e. The number of nitrogens with one attached hydrogen (secondary N) is 1. The molecule has 1 unspecified atom stereocenters. The minimum Gasteiger partial charge on any atom is -0.292 e. The molecule has 0 bridgehead atoms. The Bertz CT molecular complexity index is 460. The van der Waals surface area contributed by atoms with Crippen LogP contribution in [0.1, 0.15) is 97.1 Å². The van der Waals surface area contributed by atoms with Gasteiger partial charge >= 0.3 is 0 Å². The van der Waals surface area contributed by atoms with Gasteiger partial charge in [-0.2, -0.15) is 0 Å². The van der Waals surface area contributed by atoms with Crippen molar-refractivity contribution in [3.05, 3.63) is 22.1 Å². The molecule has 0 aliphatic heterocycles. The summed E-state index contributed by atoms with van der Waals surface area (Å²) in [5, 5.41) is 2.89. The van der Waals surface area contributed by atoms with Crippen LogP contribution in [-0.4, -0.2) is 9.78 Å². The molecule has 128 valence electrons. The van der Waals surface area contributed by atoms with Gasteiger partial charge in [0, 0.05) is 24.2 Å². The van der Waals surface area contributed by atoms with Crippen molar-refractivity contribution in [3.63, 3.8) is 0 Å². The van der Waals surface area contributed by atoms with Gasteiger partial charge in [-0.15, -0.1) is 0 Å². The predicted molar refractivity (Wildman–Crippen MR) is 95.5 cm³/mol. The van der Waals surface area contributed by atoms with Crippen LogP contribution >= 0.6 is 0 Å². The first-order valence-corrected chi connectivity index (χ1v) is 9.30. The molecule has 1 atom stereocenters. The number of aromatic nitrogens is 2. The first-order chi connectivity index (χ1) is 10.5. The Kier molecular flexibility index (Phi) is 8.59.